The summed E-state index contributed by atoms with van der Waals surface area (Å²) >= 11 is -2.64. The van der Waals surface area contributed by atoms with E-state index in [0.717, 1.165) is 31.3 Å². The lowest BCUT2D eigenvalue weighted by Gasteiger charge is -2.19. The molecule has 2 unspecified atom stereocenters. The maximum Gasteiger partial charge on any atom is 0.433 e. The summed E-state index contributed by atoms with van der Waals surface area (Å²) in [6.45, 7) is 4.88. The molecule has 1 amide bonds. The van der Waals surface area contributed by atoms with Gasteiger partial charge in [0.25, 0.3) is 11.3 Å². The molecule has 2 atom stereocenters. The third kappa shape index (κ3) is 6.97. The maximum atomic E-state index is 14.3. The zero-order chi connectivity index (χ0) is 25.8. The molecule has 0 aliphatic rings. The molecule has 186 valence electrons. The van der Waals surface area contributed by atoms with Crippen LogP contribution in [0.2, 0.25) is 0 Å². The number of alkyl halides is 3. The predicted octanol–water partition coefficient (Wildman–Crippen LogP) is 4.66. The van der Waals surface area contributed by atoms with E-state index < -0.39 is 52.4 Å². The van der Waals surface area contributed by atoms with E-state index in [4.69, 9.17) is 4.55 Å². The highest BCUT2D eigenvalue weighted by Crippen LogP contribution is 2.30. The second-order valence-corrected chi connectivity index (χ2v) is 8.57. The van der Waals surface area contributed by atoms with Crippen LogP contribution < -0.4 is 14.9 Å². The number of benzene rings is 1. The van der Waals surface area contributed by atoms with Crippen LogP contribution in [0, 0.1) is 11.6 Å². The van der Waals surface area contributed by atoms with Gasteiger partial charge in [-0.2, -0.15) is 13.2 Å². The Hall–Kier alpha value is -3.06. The van der Waals surface area contributed by atoms with Crippen molar-refractivity contribution in [3.05, 3.63) is 58.8 Å². The number of nitrogens with zero attached hydrogens (tertiary/aromatic N) is 2. The predicted molar refractivity (Wildman–Crippen MR) is 119 cm³/mol. The van der Waals surface area contributed by atoms with E-state index in [-0.39, 0.29) is 23.0 Å². The first-order valence-electron chi connectivity index (χ1n) is 9.87. The molecule has 2 rings (SSSR count). The zero-order valence-corrected chi connectivity index (χ0v) is 19.4. The van der Waals surface area contributed by atoms with E-state index in [0.29, 0.717) is 4.31 Å². The van der Waals surface area contributed by atoms with Crippen molar-refractivity contribution in [2.75, 3.05) is 16.7 Å². The van der Waals surface area contributed by atoms with Crippen LogP contribution in [0.1, 0.15) is 43.6 Å². The molecule has 1 aromatic heterocycles. The summed E-state index contributed by atoms with van der Waals surface area (Å²) in [6, 6.07) is 2.70. The van der Waals surface area contributed by atoms with Gasteiger partial charge in [0.1, 0.15) is 17.2 Å². The minimum absolute atomic E-state index is 0.0518. The number of halogens is 5. The average Bonchev–Trinajstić information content (AvgIpc) is 2.70. The smallest absolute Gasteiger partial charge is 0.367 e. The van der Waals surface area contributed by atoms with Crippen molar-refractivity contribution >= 4 is 34.8 Å². The number of aromatic nitrogens is 1. The fourth-order valence-corrected chi connectivity index (χ4v) is 3.21. The fourth-order valence-electron chi connectivity index (χ4n) is 2.88. The molecule has 13 heteroatoms. The lowest BCUT2D eigenvalue weighted by Crippen LogP contribution is -2.26. The number of rotatable bonds is 8. The van der Waals surface area contributed by atoms with Crippen molar-refractivity contribution in [3.8, 4) is 0 Å². The minimum atomic E-state index is -4.64. The van der Waals surface area contributed by atoms with E-state index >= 15 is 0 Å². The summed E-state index contributed by atoms with van der Waals surface area (Å²) < 4.78 is 88.1. The zero-order valence-electron chi connectivity index (χ0n) is 18.6. The SMILES string of the molecule is CC(C)Nc1nc(C(F)(F)F)ccc1C=CC(=O)NC(C)c1cc(F)c(N(C)S(=O)O)c(F)c1. The quantitative estimate of drug-likeness (QED) is 0.275. The summed E-state index contributed by atoms with van der Waals surface area (Å²) in [5.41, 5.74) is -1.51. The van der Waals surface area contributed by atoms with Gasteiger partial charge in [0.15, 0.2) is 11.6 Å². The molecular weight excluding hydrogens is 483 g/mol. The molecule has 1 aromatic carbocycles. The number of hydrogen-bond donors (Lipinski definition) is 3. The second kappa shape index (κ2) is 10.9. The van der Waals surface area contributed by atoms with Gasteiger partial charge in [-0.15, -0.1) is 0 Å². The number of nitrogens with one attached hydrogen (secondary N) is 2. The molecule has 7 nitrogen and oxygen atoms in total. The Morgan fingerprint density at radius 3 is 2.26 bits per heavy atom. The number of amides is 1. The molecule has 0 aliphatic carbocycles. The van der Waals surface area contributed by atoms with Gasteiger partial charge in [-0.25, -0.2) is 18.0 Å². The Morgan fingerprint density at radius 2 is 1.76 bits per heavy atom. The highest BCUT2D eigenvalue weighted by molar-refractivity contribution is 7.80. The van der Waals surface area contributed by atoms with Crippen LogP contribution in [-0.2, 0) is 22.2 Å². The van der Waals surface area contributed by atoms with Gasteiger partial charge in [-0.05, 0) is 56.7 Å². The van der Waals surface area contributed by atoms with Gasteiger partial charge < -0.3 is 10.6 Å². The topological polar surface area (TPSA) is 94.6 Å². The highest BCUT2D eigenvalue weighted by Gasteiger charge is 2.33. The van der Waals surface area contributed by atoms with Gasteiger partial charge in [0.2, 0.25) is 5.91 Å². The number of pyridine rings is 1. The van der Waals surface area contributed by atoms with Gasteiger partial charge in [-0.1, -0.05) is 0 Å². The summed E-state index contributed by atoms with van der Waals surface area (Å²) in [6.07, 6.45) is -2.32. The van der Waals surface area contributed by atoms with Gasteiger partial charge in [-0.3, -0.25) is 13.7 Å². The average molecular weight is 506 g/mol. The van der Waals surface area contributed by atoms with E-state index in [2.05, 4.69) is 15.6 Å². The summed E-state index contributed by atoms with van der Waals surface area (Å²) in [7, 11) is 1.03. The first kappa shape index (κ1) is 27.2. The lowest BCUT2D eigenvalue weighted by atomic mass is 10.1. The van der Waals surface area contributed by atoms with Crippen LogP contribution >= 0.6 is 0 Å². The number of hydrogen-bond acceptors (Lipinski definition) is 4. The van der Waals surface area contributed by atoms with E-state index in [1.54, 1.807) is 13.8 Å². The Morgan fingerprint density at radius 1 is 1.18 bits per heavy atom. The van der Waals surface area contributed by atoms with Crippen molar-refractivity contribution in [2.24, 2.45) is 0 Å². The van der Waals surface area contributed by atoms with Crippen molar-refractivity contribution < 1.29 is 35.5 Å². The molecule has 0 bridgehead atoms. The van der Waals surface area contributed by atoms with E-state index in [9.17, 15) is 31.0 Å². The summed E-state index contributed by atoms with van der Waals surface area (Å²) in [5.74, 6) is -2.94. The first-order chi connectivity index (χ1) is 15.7. The first-order valence-corrected chi connectivity index (χ1v) is 10.9. The summed E-state index contributed by atoms with van der Waals surface area (Å²) in [5, 5.41) is 5.28. The molecule has 0 fully saturated rings. The lowest BCUT2D eigenvalue weighted by molar-refractivity contribution is -0.141. The molecule has 0 radical (unpaired) electrons. The largest absolute Gasteiger partial charge is 0.433 e. The third-order valence-corrected chi connectivity index (χ3v) is 5.15. The molecule has 3 N–H and O–H groups in total. The monoisotopic (exact) mass is 506 g/mol. The molecular formula is C21H23F5N4O3S. The Balaban J connectivity index is 2.21. The Bertz CT molecular complexity index is 1090. The van der Waals surface area contributed by atoms with Gasteiger partial charge >= 0.3 is 6.18 Å². The summed E-state index contributed by atoms with van der Waals surface area (Å²) in [4.78, 5) is 15.9. The standard InChI is InChI=1S/C21H23F5N4O3S/c1-11(2)27-20-13(5-7-17(29-20)21(24,25)26)6-8-18(31)28-12(3)14-9-15(22)19(16(23)10-14)30(4)34(32)33/h5-12H,1-4H3,(H,27,29)(H,28,31)(H,32,33). The molecule has 1 heterocycles. The molecule has 2 aromatic rings. The number of carbonyl (C=O) groups is 1. The molecule has 0 spiro atoms. The molecule has 34 heavy (non-hydrogen) atoms. The van der Waals surface area contributed by atoms with Crippen molar-refractivity contribution in [3.63, 3.8) is 0 Å². The van der Waals surface area contributed by atoms with E-state index in [1.165, 1.54) is 19.1 Å². The highest BCUT2D eigenvalue weighted by atomic mass is 32.2. The molecule has 0 aliphatic heterocycles. The van der Waals surface area contributed by atoms with Gasteiger partial charge in [0, 0.05) is 24.7 Å². The van der Waals surface area contributed by atoms with Crippen LogP contribution in [-0.4, -0.2) is 32.7 Å². The van der Waals surface area contributed by atoms with Gasteiger partial charge in [0.05, 0.1) is 6.04 Å². The normalized spacial score (nSPS) is 13.7. The Kier molecular flexibility index (Phi) is 8.72. The Labute approximate surface area is 195 Å². The second-order valence-electron chi connectivity index (χ2n) is 7.56. The van der Waals surface area contributed by atoms with Crippen LogP contribution in [0.25, 0.3) is 6.08 Å². The third-order valence-electron chi connectivity index (χ3n) is 4.50. The maximum absolute atomic E-state index is 14.3. The van der Waals surface area contributed by atoms with E-state index in [1.807, 2.05) is 0 Å². The van der Waals surface area contributed by atoms with Crippen molar-refractivity contribution in [2.45, 2.75) is 39.0 Å². The van der Waals surface area contributed by atoms with Crippen molar-refractivity contribution in [1.82, 2.24) is 10.3 Å². The van der Waals surface area contributed by atoms with Crippen LogP contribution in [0.15, 0.2) is 30.3 Å². The van der Waals surface area contributed by atoms with Crippen molar-refractivity contribution in [1.29, 1.82) is 0 Å². The fraction of sp³-hybridized carbons (Fsp3) is 0.333. The molecule has 0 saturated heterocycles. The molecule has 0 saturated carbocycles. The van der Waals surface area contributed by atoms with Crippen LogP contribution in [0.5, 0.6) is 0 Å². The minimum Gasteiger partial charge on any atom is -0.367 e. The van der Waals surface area contributed by atoms with Crippen LogP contribution in [0.3, 0.4) is 0 Å². The number of carbonyl (C=O) groups excluding carboxylic acids is 1. The number of anilines is 2. The van der Waals surface area contributed by atoms with Crippen LogP contribution in [0.4, 0.5) is 33.5 Å².